The molecule has 0 saturated carbocycles. The number of methoxy groups -OCH3 is 2. The third-order valence-corrected chi connectivity index (χ3v) is 3.79. The molecule has 0 aromatic rings. The molecular weight excluding hydrogens is 360 g/mol. The van der Waals surface area contributed by atoms with Crippen molar-refractivity contribution in [3.63, 3.8) is 0 Å². The number of ether oxygens (including phenoxy) is 3. The summed E-state index contributed by atoms with van der Waals surface area (Å²) in [7, 11) is 2.58. The molecule has 0 aromatic carbocycles. The van der Waals surface area contributed by atoms with Crippen LogP contribution in [0.2, 0.25) is 0 Å². The number of esters is 2. The number of likely N-dealkylation sites (tertiary alicyclic amines) is 1. The lowest BCUT2D eigenvalue weighted by molar-refractivity contribution is -0.145. The standard InChI is InChI=1S/C11H17NO5.C6H9NO3/c1-11(2,3)17-10(15)12-6-7(5-8(12)13)9(14)16-4;1-10-6(9)4-2-5(8)7-3-4/h7H,5-6H2,1-4H3;4H,2-3H2,1H3,(H,7,8). The summed E-state index contributed by atoms with van der Waals surface area (Å²) in [6, 6.07) is 0. The van der Waals surface area contributed by atoms with E-state index in [1.807, 2.05) is 0 Å². The first-order valence-corrected chi connectivity index (χ1v) is 8.44. The number of rotatable bonds is 2. The lowest BCUT2D eigenvalue weighted by Gasteiger charge is -2.23. The van der Waals surface area contributed by atoms with Crippen molar-refractivity contribution in [2.45, 2.75) is 39.2 Å². The van der Waals surface area contributed by atoms with Gasteiger partial charge in [-0.15, -0.1) is 0 Å². The molecule has 0 bridgehead atoms. The van der Waals surface area contributed by atoms with Crippen molar-refractivity contribution < 1.29 is 38.2 Å². The maximum atomic E-state index is 11.7. The number of nitrogens with one attached hydrogen (secondary N) is 1. The molecule has 152 valence electrons. The van der Waals surface area contributed by atoms with Gasteiger partial charge in [0.25, 0.3) is 0 Å². The van der Waals surface area contributed by atoms with E-state index in [1.54, 1.807) is 20.8 Å². The van der Waals surface area contributed by atoms with Crippen LogP contribution in [0.25, 0.3) is 0 Å². The second-order valence-electron chi connectivity index (χ2n) is 7.14. The molecule has 0 aliphatic carbocycles. The van der Waals surface area contributed by atoms with E-state index in [4.69, 9.17) is 4.74 Å². The van der Waals surface area contributed by atoms with Crippen LogP contribution in [0.15, 0.2) is 0 Å². The van der Waals surface area contributed by atoms with Gasteiger partial charge in [-0.25, -0.2) is 9.69 Å². The number of hydrogen-bond acceptors (Lipinski definition) is 8. The maximum absolute atomic E-state index is 11.7. The molecule has 2 rings (SSSR count). The predicted octanol–water partition coefficient (Wildman–Crippen LogP) is 0.239. The molecule has 2 fully saturated rings. The van der Waals surface area contributed by atoms with E-state index in [2.05, 4.69) is 14.8 Å². The van der Waals surface area contributed by atoms with Crippen molar-refractivity contribution in [3.8, 4) is 0 Å². The van der Waals surface area contributed by atoms with Gasteiger partial charge in [0.05, 0.1) is 26.1 Å². The zero-order chi connectivity index (χ0) is 20.8. The summed E-state index contributed by atoms with van der Waals surface area (Å²) < 4.78 is 14.1. The van der Waals surface area contributed by atoms with Gasteiger partial charge in [-0.1, -0.05) is 0 Å². The second-order valence-corrected chi connectivity index (χ2v) is 7.14. The Kier molecular flexibility index (Phi) is 7.74. The first-order valence-electron chi connectivity index (χ1n) is 8.44. The van der Waals surface area contributed by atoms with Crippen LogP contribution in [-0.4, -0.2) is 67.7 Å². The minimum atomic E-state index is -0.714. The lowest BCUT2D eigenvalue weighted by Crippen LogP contribution is -2.38. The highest BCUT2D eigenvalue weighted by Crippen LogP contribution is 2.21. The molecule has 0 spiro atoms. The minimum absolute atomic E-state index is 0.00802. The van der Waals surface area contributed by atoms with Crippen LogP contribution in [0.5, 0.6) is 0 Å². The van der Waals surface area contributed by atoms with Crippen LogP contribution in [0, 0.1) is 11.8 Å². The smallest absolute Gasteiger partial charge is 0.417 e. The Balaban J connectivity index is 0.000000309. The fourth-order valence-corrected chi connectivity index (χ4v) is 2.46. The van der Waals surface area contributed by atoms with E-state index in [1.165, 1.54) is 14.2 Å². The number of nitrogens with zero attached hydrogens (tertiary/aromatic N) is 1. The SMILES string of the molecule is COC(=O)C1CC(=O)N(C(=O)OC(C)(C)C)C1.COC(=O)C1CNC(=O)C1. The molecule has 0 aromatic heterocycles. The third-order valence-electron chi connectivity index (χ3n) is 3.79. The number of carbonyl (C=O) groups excluding carboxylic acids is 5. The fraction of sp³-hybridized carbons (Fsp3) is 0.706. The van der Waals surface area contributed by atoms with Crippen molar-refractivity contribution in [2.24, 2.45) is 11.8 Å². The highest BCUT2D eigenvalue weighted by molar-refractivity contribution is 5.97. The Bertz CT molecular complexity index is 611. The average Bonchev–Trinajstić information content (AvgIpc) is 3.18. The number of hydrogen-bond donors (Lipinski definition) is 1. The van der Waals surface area contributed by atoms with Gasteiger partial charge >= 0.3 is 18.0 Å². The van der Waals surface area contributed by atoms with Crippen LogP contribution in [0.3, 0.4) is 0 Å². The molecule has 1 N–H and O–H groups in total. The maximum Gasteiger partial charge on any atom is 0.417 e. The molecule has 2 aliphatic rings. The number of carbonyl (C=O) groups is 5. The molecule has 2 heterocycles. The largest absolute Gasteiger partial charge is 0.469 e. The highest BCUT2D eigenvalue weighted by atomic mass is 16.6. The van der Waals surface area contributed by atoms with Gasteiger partial charge in [0.1, 0.15) is 5.60 Å². The molecule has 2 unspecified atom stereocenters. The Morgan fingerprint density at radius 3 is 2.00 bits per heavy atom. The van der Waals surface area contributed by atoms with E-state index >= 15 is 0 Å². The Labute approximate surface area is 157 Å². The molecule has 2 saturated heterocycles. The van der Waals surface area contributed by atoms with Crippen molar-refractivity contribution in [2.75, 3.05) is 27.3 Å². The van der Waals surface area contributed by atoms with Gasteiger partial charge in [-0.3, -0.25) is 19.2 Å². The summed E-state index contributed by atoms with van der Waals surface area (Å²) in [5.74, 6) is -2.12. The number of imide groups is 1. The van der Waals surface area contributed by atoms with E-state index in [0.29, 0.717) is 6.54 Å². The zero-order valence-electron chi connectivity index (χ0n) is 16.2. The monoisotopic (exact) mass is 386 g/mol. The summed E-state index contributed by atoms with van der Waals surface area (Å²) in [5, 5.41) is 2.55. The summed E-state index contributed by atoms with van der Waals surface area (Å²) in [5.41, 5.74) is -0.666. The molecule has 3 amide bonds. The van der Waals surface area contributed by atoms with E-state index in [0.717, 1.165) is 4.90 Å². The van der Waals surface area contributed by atoms with Crippen molar-refractivity contribution in [1.29, 1.82) is 0 Å². The van der Waals surface area contributed by atoms with Crippen molar-refractivity contribution >= 4 is 29.8 Å². The molecule has 10 nitrogen and oxygen atoms in total. The molecule has 2 aliphatic heterocycles. The summed E-state index contributed by atoms with van der Waals surface area (Å²) >= 11 is 0. The summed E-state index contributed by atoms with van der Waals surface area (Å²) in [6.45, 7) is 5.58. The highest BCUT2D eigenvalue weighted by Gasteiger charge is 2.40. The predicted molar refractivity (Wildman–Crippen MR) is 91.2 cm³/mol. The van der Waals surface area contributed by atoms with Gasteiger partial charge in [0, 0.05) is 25.9 Å². The summed E-state index contributed by atoms with van der Waals surface area (Å²) in [6.07, 6.45) is -0.451. The molecule has 27 heavy (non-hydrogen) atoms. The topological polar surface area (TPSA) is 128 Å². The van der Waals surface area contributed by atoms with Gasteiger partial charge in [-0.2, -0.15) is 0 Å². The molecule has 2 atom stereocenters. The van der Waals surface area contributed by atoms with Crippen LogP contribution in [0.1, 0.15) is 33.6 Å². The van der Waals surface area contributed by atoms with Gasteiger partial charge in [-0.05, 0) is 20.8 Å². The minimum Gasteiger partial charge on any atom is -0.469 e. The van der Waals surface area contributed by atoms with Gasteiger partial charge in [0.15, 0.2) is 0 Å². The third kappa shape index (κ3) is 6.87. The fourth-order valence-electron chi connectivity index (χ4n) is 2.46. The quantitative estimate of drug-likeness (QED) is 0.528. The second kappa shape index (κ2) is 9.33. The zero-order valence-corrected chi connectivity index (χ0v) is 16.2. The van der Waals surface area contributed by atoms with Crippen LogP contribution < -0.4 is 5.32 Å². The molecule has 10 heteroatoms. The van der Waals surface area contributed by atoms with Gasteiger partial charge in [0.2, 0.25) is 11.8 Å². The van der Waals surface area contributed by atoms with Crippen LogP contribution in [0.4, 0.5) is 4.79 Å². The Hall–Kier alpha value is -2.65. The lowest BCUT2D eigenvalue weighted by atomic mass is 10.1. The van der Waals surface area contributed by atoms with Crippen LogP contribution in [-0.2, 0) is 33.4 Å². The van der Waals surface area contributed by atoms with Crippen molar-refractivity contribution in [1.82, 2.24) is 10.2 Å². The van der Waals surface area contributed by atoms with E-state index in [9.17, 15) is 24.0 Å². The molecular formula is C17H26N2O8. The van der Waals surface area contributed by atoms with E-state index in [-0.39, 0.29) is 37.2 Å². The van der Waals surface area contributed by atoms with Crippen LogP contribution >= 0.6 is 0 Å². The normalized spacial score (nSPS) is 21.7. The average molecular weight is 386 g/mol. The first kappa shape index (κ1) is 22.4. The molecule has 0 radical (unpaired) electrons. The van der Waals surface area contributed by atoms with Crippen molar-refractivity contribution in [3.05, 3.63) is 0 Å². The Morgan fingerprint density at radius 1 is 1.00 bits per heavy atom. The van der Waals surface area contributed by atoms with Gasteiger partial charge < -0.3 is 19.5 Å². The first-order chi connectivity index (χ1) is 12.5. The van der Waals surface area contributed by atoms with E-state index < -0.39 is 29.5 Å². The number of amides is 3. The Morgan fingerprint density at radius 2 is 1.56 bits per heavy atom. The summed E-state index contributed by atoms with van der Waals surface area (Å²) in [4.78, 5) is 56.7.